The monoisotopic (exact) mass is 359 g/mol. The molecular weight excluding hydrogens is 342 g/mol. The summed E-state index contributed by atoms with van der Waals surface area (Å²) in [6, 6.07) is 12.2. The topological polar surface area (TPSA) is 96.0 Å². The maximum Gasteiger partial charge on any atom is 0.271 e. The molecule has 0 fully saturated rings. The summed E-state index contributed by atoms with van der Waals surface area (Å²) in [5, 5.41) is 20.2. The molecule has 6 heteroatoms. The first-order chi connectivity index (χ1) is 12.9. The van der Waals surface area contributed by atoms with Crippen LogP contribution in [0.25, 0.3) is 0 Å². The lowest BCUT2D eigenvalue weighted by molar-refractivity contribution is 0.103. The molecule has 2 heterocycles. The van der Waals surface area contributed by atoms with E-state index in [1.54, 1.807) is 48.8 Å². The zero-order valence-electron chi connectivity index (χ0n) is 14.9. The highest BCUT2D eigenvalue weighted by atomic mass is 16.3. The first-order valence-corrected chi connectivity index (χ1v) is 8.30. The molecular formula is C21H17N3O3. The van der Waals surface area contributed by atoms with Crippen LogP contribution in [0.3, 0.4) is 0 Å². The van der Waals surface area contributed by atoms with E-state index in [1.165, 1.54) is 6.92 Å². The molecule has 0 amide bonds. The Morgan fingerprint density at radius 2 is 1.93 bits per heavy atom. The van der Waals surface area contributed by atoms with Crippen molar-refractivity contribution >= 4 is 5.78 Å². The standard InChI is InChI=1S/C21H17N3O3/c1-13-5-7-16(8-6-13)19(25)18-14(2)17(10-22)20(26)24(21(18)27)12-15-4-3-9-23-11-15/h3-9,11,27H,12H2,1-2H3. The molecule has 0 radical (unpaired) electrons. The fourth-order valence-electron chi connectivity index (χ4n) is 2.89. The van der Waals surface area contributed by atoms with Crippen LogP contribution in [0.15, 0.2) is 53.6 Å². The SMILES string of the molecule is Cc1ccc(C(=O)c2c(C)c(C#N)c(=O)n(Cc3cccnc3)c2O)cc1. The number of carbonyl (C=O) groups excluding carboxylic acids is 1. The second-order valence-corrected chi connectivity index (χ2v) is 6.26. The number of ketones is 1. The van der Waals surface area contributed by atoms with Crippen molar-refractivity contribution in [1.29, 1.82) is 5.26 Å². The van der Waals surface area contributed by atoms with E-state index in [2.05, 4.69) is 4.98 Å². The lowest BCUT2D eigenvalue weighted by Gasteiger charge is -2.15. The van der Waals surface area contributed by atoms with Gasteiger partial charge in [0.15, 0.2) is 5.78 Å². The van der Waals surface area contributed by atoms with E-state index in [1.807, 2.05) is 13.0 Å². The quantitative estimate of drug-likeness (QED) is 0.723. The van der Waals surface area contributed by atoms with Crippen molar-refractivity contribution in [3.8, 4) is 11.9 Å². The number of nitriles is 1. The number of carbonyl (C=O) groups is 1. The Morgan fingerprint density at radius 3 is 2.52 bits per heavy atom. The van der Waals surface area contributed by atoms with Gasteiger partial charge in [0.05, 0.1) is 12.1 Å². The van der Waals surface area contributed by atoms with E-state index in [4.69, 9.17) is 0 Å². The third kappa shape index (κ3) is 3.35. The smallest absolute Gasteiger partial charge is 0.271 e. The van der Waals surface area contributed by atoms with E-state index in [-0.39, 0.29) is 23.2 Å². The molecule has 0 aliphatic heterocycles. The molecule has 0 saturated carbocycles. The number of hydrogen-bond donors (Lipinski definition) is 1. The van der Waals surface area contributed by atoms with Crippen LogP contribution in [0.1, 0.15) is 38.2 Å². The molecule has 0 spiro atoms. The molecule has 3 rings (SSSR count). The van der Waals surface area contributed by atoms with Gasteiger partial charge in [0, 0.05) is 18.0 Å². The second kappa shape index (κ2) is 7.26. The van der Waals surface area contributed by atoms with E-state index in [0.717, 1.165) is 10.1 Å². The van der Waals surface area contributed by atoms with E-state index < -0.39 is 17.2 Å². The van der Waals surface area contributed by atoms with E-state index in [0.29, 0.717) is 11.1 Å². The summed E-state index contributed by atoms with van der Waals surface area (Å²) in [5.41, 5.74) is 1.36. The Bertz CT molecular complexity index is 1110. The minimum Gasteiger partial charge on any atom is -0.494 e. The highest BCUT2D eigenvalue weighted by Crippen LogP contribution is 2.25. The Kier molecular flexibility index (Phi) is 4.86. The minimum atomic E-state index is -0.642. The summed E-state index contributed by atoms with van der Waals surface area (Å²) in [4.78, 5) is 29.6. The zero-order valence-corrected chi connectivity index (χ0v) is 14.9. The van der Waals surface area contributed by atoms with E-state index in [9.17, 15) is 20.0 Å². The fourth-order valence-corrected chi connectivity index (χ4v) is 2.89. The molecule has 1 aromatic carbocycles. The summed E-state index contributed by atoms with van der Waals surface area (Å²) >= 11 is 0. The van der Waals surface area contributed by atoms with Gasteiger partial charge in [-0.15, -0.1) is 0 Å². The number of nitrogens with zero attached hydrogens (tertiary/aromatic N) is 3. The highest BCUT2D eigenvalue weighted by Gasteiger charge is 2.24. The van der Waals surface area contributed by atoms with Gasteiger partial charge in [-0.05, 0) is 31.0 Å². The van der Waals surface area contributed by atoms with E-state index >= 15 is 0 Å². The van der Waals surface area contributed by atoms with Crippen molar-refractivity contribution in [2.45, 2.75) is 20.4 Å². The summed E-state index contributed by atoms with van der Waals surface area (Å²) in [6.45, 7) is 3.40. The summed E-state index contributed by atoms with van der Waals surface area (Å²) in [6.07, 6.45) is 3.15. The number of pyridine rings is 2. The maximum absolute atomic E-state index is 13.0. The van der Waals surface area contributed by atoms with Crippen LogP contribution in [-0.4, -0.2) is 20.4 Å². The number of aryl methyl sites for hydroxylation is 1. The third-order valence-corrected chi connectivity index (χ3v) is 4.40. The molecule has 0 bridgehead atoms. The van der Waals surface area contributed by atoms with Crippen molar-refractivity contribution < 1.29 is 9.90 Å². The van der Waals surface area contributed by atoms with Crippen molar-refractivity contribution in [3.63, 3.8) is 0 Å². The van der Waals surface area contributed by atoms with Gasteiger partial charge in [0.25, 0.3) is 5.56 Å². The molecule has 1 N–H and O–H groups in total. The predicted octanol–water partition coefficient (Wildman–Crippen LogP) is 2.72. The first-order valence-electron chi connectivity index (χ1n) is 8.30. The van der Waals surface area contributed by atoms with Crippen LogP contribution >= 0.6 is 0 Å². The summed E-state index contributed by atoms with van der Waals surface area (Å²) in [5.74, 6) is -0.896. The van der Waals surface area contributed by atoms with Crippen molar-refractivity contribution in [2.24, 2.45) is 0 Å². The van der Waals surface area contributed by atoms with Gasteiger partial charge < -0.3 is 5.11 Å². The summed E-state index contributed by atoms with van der Waals surface area (Å²) in [7, 11) is 0. The van der Waals surface area contributed by atoms with Gasteiger partial charge in [0.2, 0.25) is 5.88 Å². The van der Waals surface area contributed by atoms with Gasteiger partial charge in [0.1, 0.15) is 11.6 Å². The zero-order chi connectivity index (χ0) is 19.6. The van der Waals surface area contributed by atoms with Gasteiger partial charge in [-0.3, -0.25) is 19.1 Å². The molecule has 0 atom stereocenters. The molecule has 0 saturated heterocycles. The Hall–Kier alpha value is -3.72. The molecule has 0 aliphatic rings. The lowest BCUT2D eigenvalue weighted by Crippen LogP contribution is -2.27. The molecule has 2 aromatic heterocycles. The molecule has 0 aliphatic carbocycles. The molecule has 3 aromatic rings. The minimum absolute atomic E-state index is 0.00163. The van der Waals surface area contributed by atoms with Gasteiger partial charge in [-0.2, -0.15) is 5.26 Å². The van der Waals surface area contributed by atoms with Crippen LogP contribution in [0, 0.1) is 25.2 Å². The second-order valence-electron chi connectivity index (χ2n) is 6.26. The van der Waals surface area contributed by atoms with Gasteiger partial charge >= 0.3 is 0 Å². The normalized spacial score (nSPS) is 10.4. The van der Waals surface area contributed by atoms with Crippen LogP contribution in [0.5, 0.6) is 5.88 Å². The predicted molar refractivity (Wildman–Crippen MR) is 99.8 cm³/mol. The number of rotatable bonds is 4. The Balaban J connectivity index is 2.21. The largest absolute Gasteiger partial charge is 0.494 e. The molecule has 134 valence electrons. The average Bonchev–Trinajstić information content (AvgIpc) is 2.67. The maximum atomic E-state index is 13.0. The first kappa shape index (κ1) is 18.1. The fraction of sp³-hybridized carbons (Fsp3) is 0.143. The number of hydrogen-bond acceptors (Lipinski definition) is 5. The van der Waals surface area contributed by atoms with Crippen molar-refractivity contribution in [2.75, 3.05) is 0 Å². The average molecular weight is 359 g/mol. The van der Waals surface area contributed by atoms with Gasteiger partial charge in [-0.25, -0.2) is 0 Å². The van der Waals surface area contributed by atoms with Crippen molar-refractivity contribution in [1.82, 2.24) is 9.55 Å². The molecule has 6 nitrogen and oxygen atoms in total. The number of aromatic nitrogens is 2. The Morgan fingerprint density at radius 1 is 1.22 bits per heavy atom. The Labute approximate surface area is 156 Å². The summed E-state index contributed by atoms with van der Waals surface area (Å²) < 4.78 is 1.03. The van der Waals surface area contributed by atoms with Crippen LogP contribution < -0.4 is 5.56 Å². The van der Waals surface area contributed by atoms with Crippen LogP contribution in [0.2, 0.25) is 0 Å². The molecule has 27 heavy (non-hydrogen) atoms. The lowest BCUT2D eigenvalue weighted by atomic mass is 9.96. The number of benzene rings is 1. The number of aromatic hydroxyl groups is 1. The van der Waals surface area contributed by atoms with Crippen LogP contribution in [0.4, 0.5) is 0 Å². The molecule has 0 unspecified atom stereocenters. The highest BCUT2D eigenvalue weighted by molar-refractivity contribution is 6.11. The van der Waals surface area contributed by atoms with Crippen LogP contribution in [-0.2, 0) is 6.54 Å². The van der Waals surface area contributed by atoms with Crippen molar-refractivity contribution in [3.05, 3.63) is 92.5 Å². The van der Waals surface area contributed by atoms with Gasteiger partial charge in [-0.1, -0.05) is 35.9 Å². The third-order valence-electron chi connectivity index (χ3n) is 4.40.